The van der Waals surface area contributed by atoms with Crippen LogP contribution in [0.2, 0.25) is 0 Å². The summed E-state index contributed by atoms with van der Waals surface area (Å²) in [5, 5.41) is 0. The van der Waals surface area contributed by atoms with E-state index in [1.807, 2.05) is 66.7 Å². The quantitative estimate of drug-likeness (QED) is 0.642. The Bertz CT molecular complexity index is 1050. The van der Waals surface area contributed by atoms with Crippen molar-refractivity contribution >= 4 is 5.91 Å². The average Bonchev–Trinajstić information content (AvgIpc) is 3.29. The summed E-state index contributed by atoms with van der Waals surface area (Å²) < 4.78 is 11.0. The second-order valence-corrected chi connectivity index (χ2v) is 8.67. The van der Waals surface area contributed by atoms with E-state index in [-0.39, 0.29) is 18.6 Å². The number of benzene rings is 3. The first kappa shape index (κ1) is 20.6. The molecule has 5 nitrogen and oxygen atoms in total. The molecule has 1 amide bonds. The van der Waals surface area contributed by atoms with Crippen LogP contribution in [0, 0.1) is 5.92 Å². The molecule has 0 spiro atoms. The number of carbonyl (C=O) groups is 1. The minimum atomic E-state index is -0.865. The van der Waals surface area contributed by atoms with Crippen LogP contribution in [0.3, 0.4) is 0 Å². The fourth-order valence-corrected chi connectivity index (χ4v) is 5.38. The second kappa shape index (κ2) is 8.67. The van der Waals surface area contributed by atoms with Gasteiger partial charge in [-0.2, -0.15) is 0 Å². The number of nitrogens with zero attached hydrogens (tertiary/aromatic N) is 1. The number of nitrogens with two attached hydrogens (primary N) is 1. The molecule has 1 saturated heterocycles. The van der Waals surface area contributed by atoms with Crippen molar-refractivity contribution in [3.8, 4) is 11.5 Å². The number of ether oxygens (including phenoxy) is 2. The highest BCUT2D eigenvalue weighted by molar-refractivity contribution is 5.91. The summed E-state index contributed by atoms with van der Waals surface area (Å²) in [6.07, 6.45) is 1.97. The van der Waals surface area contributed by atoms with Crippen LogP contribution in [-0.4, -0.2) is 30.7 Å². The van der Waals surface area contributed by atoms with Gasteiger partial charge in [-0.05, 0) is 54.1 Å². The number of primary amides is 1. The van der Waals surface area contributed by atoms with Gasteiger partial charge in [0, 0.05) is 13.1 Å². The minimum Gasteiger partial charge on any atom is -0.454 e. The number of hydrogen-bond donors (Lipinski definition) is 1. The van der Waals surface area contributed by atoms with Crippen LogP contribution in [0.1, 0.15) is 29.5 Å². The van der Waals surface area contributed by atoms with E-state index in [2.05, 4.69) is 17.0 Å². The van der Waals surface area contributed by atoms with Gasteiger partial charge in [-0.1, -0.05) is 66.7 Å². The topological polar surface area (TPSA) is 64.8 Å². The Kier molecular flexibility index (Phi) is 5.58. The molecule has 164 valence electrons. The fourth-order valence-electron chi connectivity index (χ4n) is 5.38. The molecule has 32 heavy (non-hydrogen) atoms. The maximum Gasteiger partial charge on any atom is 0.232 e. The highest BCUT2D eigenvalue weighted by Gasteiger charge is 2.48. The zero-order chi connectivity index (χ0) is 22.0. The molecule has 2 aliphatic rings. The van der Waals surface area contributed by atoms with Crippen LogP contribution in [0.5, 0.6) is 11.5 Å². The van der Waals surface area contributed by atoms with E-state index in [1.165, 1.54) is 5.56 Å². The number of carbonyl (C=O) groups excluding carboxylic acids is 1. The van der Waals surface area contributed by atoms with E-state index < -0.39 is 5.41 Å². The minimum absolute atomic E-state index is 0.0764. The van der Waals surface area contributed by atoms with Crippen LogP contribution in [0.15, 0.2) is 78.9 Å². The molecule has 1 fully saturated rings. The molecule has 2 N–H and O–H groups in total. The normalized spacial score (nSPS) is 18.4. The van der Waals surface area contributed by atoms with Crippen LogP contribution in [0.25, 0.3) is 0 Å². The monoisotopic (exact) mass is 428 g/mol. The van der Waals surface area contributed by atoms with E-state index in [9.17, 15) is 4.79 Å². The summed E-state index contributed by atoms with van der Waals surface area (Å²) in [6.45, 7) is 2.86. The summed E-state index contributed by atoms with van der Waals surface area (Å²) in [7, 11) is 0. The van der Waals surface area contributed by atoms with Crippen molar-refractivity contribution < 1.29 is 14.3 Å². The van der Waals surface area contributed by atoms with Crippen molar-refractivity contribution in [3.05, 3.63) is 95.6 Å². The first-order valence-electron chi connectivity index (χ1n) is 11.2. The van der Waals surface area contributed by atoms with Gasteiger partial charge in [-0.3, -0.25) is 9.69 Å². The van der Waals surface area contributed by atoms with Crippen molar-refractivity contribution in [1.82, 2.24) is 4.90 Å². The molecule has 5 heteroatoms. The van der Waals surface area contributed by atoms with Gasteiger partial charge in [0.1, 0.15) is 5.41 Å². The highest BCUT2D eigenvalue weighted by Crippen LogP contribution is 2.43. The predicted octanol–water partition coefficient (Wildman–Crippen LogP) is 4.10. The fraction of sp³-hybridized carbons (Fsp3) is 0.296. The number of rotatable bonds is 6. The molecule has 2 heterocycles. The van der Waals surface area contributed by atoms with Crippen molar-refractivity contribution in [2.45, 2.75) is 24.8 Å². The summed E-state index contributed by atoms with van der Waals surface area (Å²) in [5.74, 6) is 1.39. The lowest BCUT2D eigenvalue weighted by atomic mass is 9.63. The van der Waals surface area contributed by atoms with Gasteiger partial charge in [-0.25, -0.2) is 0 Å². The molecule has 0 radical (unpaired) electrons. The van der Waals surface area contributed by atoms with E-state index in [0.717, 1.165) is 55.1 Å². The number of hydrogen-bond acceptors (Lipinski definition) is 4. The number of fused-ring (bicyclic) bond motifs is 1. The third kappa shape index (κ3) is 3.63. The molecule has 0 unspecified atom stereocenters. The molecule has 2 aliphatic heterocycles. The Morgan fingerprint density at radius 1 is 0.938 bits per heavy atom. The van der Waals surface area contributed by atoms with Gasteiger partial charge < -0.3 is 15.2 Å². The third-order valence-electron chi connectivity index (χ3n) is 6.81. The number of piperidine rings is 1. The van der Waals surface area contributed by atoms with E-state index >= 15 is 0 Å². The van der Waals surface area contributed by atoms with E-state index in [0.29, 0.717) is 0 Å². The highest BCUT2D eigenvalue weighted by atomic mass is 16.7. The van der Waals surface area contributed by atoms with Gasteiger partial charge in [0.25, 0.3) is 0 Å². The Morgan fingerprint density at radius 3 is 2.25 bits per heavy atom. The van der Waals surface area contributed by atoms with Crippen molar-refractivity contribution in [1.29, 1.82) is 0 Å². The lowest BCUT2D eigenvalue weighted by Gasteiger charge is -2.44. The van der Waals surface area contributed by atoms with Crippen LogP contribution in [0.4, 0.5) is 0 Å². The Hall–Kier alpha value is -3.31. The maximum atomic E-state index is 13.3. The first-order chi connectivity index (χ1) is 15.7. The van der Waals surface area contributed by atoms with Gasteiger partial charge >= 0.3 is 0 Å². The molecule has 0 bridgehead atoms. The van der Waals surface area contributed by atoms with Crippen molar-refractivity contribution in [2.24, 2.45) is 11.7 Å². The van der Waals surface area contributed by atoms with E-state index in [4.69, 9.17) is 15.2 Å². The Morgan fingerprint density at radius 2 is 1.59 bits per heavy atom. The van der Waals surface area contributed by atoms with E-state index in [1.54, 1.807) is 0 Å². The molecule has 3 aromatic rings. The number of amides is 1. The SMILES string of the molecule is NC(=O)C(c1ccccc1)(c1ccccc1)[C@H]1CCCN(Cc2ccc3c(c2)OCO3)C1. The molecule has 1 atom stereocenters. The smallest absolute Gasteiger partial charge is 0.232 e. The van der Waals surface area contributed by atoms with Gasteiger partial charge in [0.15, 0.2) is 11.5 Å². The lowest BCUT2D eigenvalue weighted by Crippen LogP contribution is -2.53. The summed E-state index contributed by atoms with van der Waals surface area (Å²) in [4.78, 5) is 15.7. The average molecular weight is 429 g/mol. The standard InChI is InChI=1S/C27H28N2O3/c28-26(30)27(21-8-3-1-4-9-21,22-10-5-2-6-11-22)23-12-7-15-29(18-23)17-20-13-14-24-25(16-20)32-19-31-24/h1-6,8-11,13-14,16,23H,7,12,15,17-19H2,(H2,28,30)/t23-/m0/s1. The second-order valence-electron chi connectivity index (χ2n) is 8.67. The molecule has 0 aliphatic carbocycles. The van der Waals surface area contributed by atoms with Crippen LogP contribution < -0.4 is 15.2 Å². The maximum absolute atomic E-state index is 13.3. The summed E-state index contributed by atoms with van der Waals surface area (Å²) >= 11 is 0. The first-order valence-corrected chi connectivity index (χ1v) is 11.2. The number of likely N-dealkylation sites (tertiary alicyclic amines) is 1. The third-order valence-corrected chi connectivity index (χ3v) is 6.81. The molecular formula is C27H28N2O3. The Balaban J connectivity index is 1.48. The van der Waals surface area contributed by atoms with Crippen LogP contribution in [-0.2, 0) is 16.8 Å². The van der Waals surface area contributed by atoms with Gasteiger partial charge in [0.05, 0.1) is 0 Å². The lowest BCUT2D eigenvalue weighted by molar-refractivity contribution is -0.124. The van der Waals surface area contributed by atoms with Crippen molar-refractivity contribution in [2.75, 3.05) is 19.9 Å². The Labute approximate surface area is 188 Å². The van der Waals surface area contributed by atoms with Crippen molar-refractivity contribution in [3.63, 3.8) is 0 Å². The predicted molar refractivity (Wildman–Crippen MR) is 123 cm³/mol. The zero-order valence-electron chi connectivity index (χ0n) is 18.1. The van der Waals surface area contributed by atoms with Gasteiger partial charge in [0.2, 0.25) is 12.7 Å². The molecule has 3 aromatic carbocycles. The van der Waals surface area contributed by atoms with Gasteiger partial charge in [-0.15, -0.1) is 0 Å². The summed E-state index contributed by atoms with van der Waals surface area (Å²) in [6, 6.07) is 26.2. The largest absolute Gasteiger partial charge is 0.454 e. The molecule has 5 rings (SSSR count). The summed E-state index contributed by atoms with van der Waals surface area (Å²) in [5.41, 5.74) is 8.49. The molecule has 0 aromatic heterocycles. The molecular weight excluding hydrogens is 400 g/mol. The molecule has 0 saturated carbocycles. The van der Waals surface area contributed by atoms with Crippen LogP contribution >= 0.6 is 0 Å². The zero-order valence-corrected chi connectivity index (χ0v) is 18.1.